The number of unbranched alkanes of at least 4 members (excludes halogenated alkanes) is 1. The number of aliphatic hydroxyl groups excluding tert-OH is 1. The third-order valence-electron chi connectivity index (χ3n) is 7.19. The minimum absolute atomic E-state index is 0.196. The number of benzene rings is 1. The second-order valence-electron chi connectivity index (χ2n) is 9.74. The first-order valence-electron chi connectivity index (χ1n) is 12.3. The molecule has 1 aliphatic heterocycles. The van der Waals surface area contributed by atoms with Gasteiger partial charge < -0.3 is 24.5 Å². The van der Waals surface area contributed by atoms with Crippen LogP contribution in [0.4, 0.5) is 0 Å². The number of nitrogens with one attached hydrogen (secondary N) is 1. The van der Waals surface area contributed by atoms with Crippen molar-refractivity contribution in [2.45, 2.75) is 83.3 Å². The highest BCUT2D eigenvalue weighted by Gasteiger charge is 2.42. The molecule has 1 unspecified atom stereocenters. The number of ether oxygens (including phenoxy) is 1. The lowest BCUT2D eigenvalue weighted by Gasteiger charge is -2.43. The van der Waals surface area contributed by atoms with Crippen LogP contribution in [-0.2, 0) is 0 Å². The van der Waals surface area contributed by atoms with Crippen molar-refractivity contribution in [3.8, 4) is 5.75 Å². The molecule has 1 aromatic heterocycles. The van der Waals surface area contributed by atoms with Crippen LogP contribution in [0.2, 0.25) is 0 Å². The first-order chi connectivity index (χ1) is 15.4. The molecular weight excluding hydrogens is 404 g/mol. The van der Waals surface area contributed by atoms with Crippen LogP contribution in [0, 0.1) is 6.92 Å². The highest BCUT2D eigenvalue weighted by Crippen LogP contribution is 2.49. The van der Waals surface area contributed by atoms with Crippen LogP contribution in [0.1, 0.15) is 92.5 Å². The van der Waals surface area contributed by atoms with Crippen LogP contribution in [0.5, 0.6) is 5.75 Å². The van der Waals surface area contributed by atoms with Gasteiger partial charge in [-0.25, -0.2) is 0 Å². The maximum absolute atomic E-state index is 12.8. The van der Waals surface area contributed by atoms with E-state index in [0.29, 0.717) is 24.3 Å². The summed E-state index contributed by atoms with van der Waals surface area (Å²) in [7, 11) is 2.12. The number of fused-ring (bicyclic) bond motifs is 3. The molecule has 4 rings (SSSR count). The van der Waals surface area contributed by atoms with Crippen molar-refractivity contribution in [2.24, 2.45) is 0 Å². The minimum atomic E-state index is -0.605. The molecular formula is C26H38N2O4. The Balaban J connectivity index is 1.47. The van der Waals surface area contributed by atoms with Crippen LogP contribution < -0.4 is 10.1 Å². The molecule has 6 heteroatoms. The van der Waals surface area contributed by atoms with Gasteiger partial charge in [0, 0.05) is 29.5 Å². The summed E-state index contributed by atoms with van der Waals surface area (Å²) in [6.07, 6.45) is 8.81. The largest absolute Gasteiger partial charge is 0.487 e. The Morgan fingerprint density at radius 1 is 1.22 bits per heavy atom. The van der Waals surface area contributed by atoms with Crippen LogP contribution in [-0.4, -0.2) is 48.2 Å². The third-order valence-corrected chi connectivity index (χ3v) is 7.19. The maximum Gasteiger partial charge on any atom is 0.287 e. The topological polar surface area (TPSA) is 74.9 Å². The van der Waals surface area contributed by atoms with E-state index >= 15 is 0 Å². The van der Waals surface area contributed by atoms with Crippen LogP contribution in [0.25, 0.3) is 11.0 Å². The molecule has 2 N–H and O–H groups in total. The lowest BCUT2D eigenvalue weighted by molar-refractivity contribution is -0.0373. The van der Waals surface area contributed by atoms with Gasteiger partial charge in [-0.3, -0.25) is 4.79 Å². The molecule has 2 heterocycles. The van der Waals surface area contributed by atoms with Gasteiger partial charge in [-0.1, -0.05) is 19.8 Å². The molecule has 1 aliphatic carbocycles. The molecule has 1 aromatic carbocycles. The van der Waals surface area contributed by atoms with Gasteiger partial charge >= 0.3 is 0 Å². The molecule has 1 amide bonds. The summed E-state index contributed by atoms with van der Waals surface area (Å²) >= 11 is 0. The number of hydrogen-bond acceptors (Lipinski definition) is 5. The number of carbonyl (C=O) groups excluding carboxylic acids is 1. The van der Waals surface area contributed by atoms with E-state index in [2.05, 4.69) is 24.2 Å². The first kappa shape index (κ1) is 23.1. The predicted octanol–water partition coefficient (Wildman–Crippen LogP) is 5.11. The molecule has 176 valence electrons. The molecule has 1 spiro atoms. The van der Waals surface area contributed by atoms with E-state index in [1.54, 1.807) is 0 Å². The maximum atomic E-state index is 12.8. The normalized spacial score (nSPS) is 19.8. The zero-order valence-electron chi connectivity index (χ0n) is 19.8. The van der Waals surface area contributed by atoms with Crippen LogP contribution >= 0.6 is 0 Å². The van der Waals surface area contributed by atoms with Crippen molar-refractivity contribution in [3.63, 3.8) is 0 Å². The fourth-order valence-corrected chi connectivity index (χ4v) is 5.39. The summed E-state index contributed by atoms with van der Waals surface area (Å²) in [6.45, 7) is 6.75. The van der Waals surface area contributed by atoms with E-state index in [-0.39, 0.29) is 11.5 Å². The SMILES string of the molecule is CCCCN(C)CCCNC(=O)c1oc2ccc3c(c2c1C)C(O)CC1(CCCCC1)O3. The summed E-state index contributed by atoms with van der Waals surface area (Å²) in [6, 6.07) is 3.77. The Morgan fingerprint density at radius 2 is 1.97 bits per heavy atom. The molecule has 2 aliphatic rings. The first-order valence-corrected chi connectivity index (χ1v) is 12.3. The van der Waals surface area contributed by atoms with Crippen molar-refractivity contribution < 1.29 is 19.1 Å². The number of hydrogen-bond donors (Lipinski definition) is 2. The van der Waals surface area contributed by atoms with Gasteiger partial charge in [-0.2, -0.15) is 0 Å². The van der Waals surface area contributed by atoms with Gasteiger partial charge in [0.1, 0.15) is 16.9 Å². The smallest absolute Gasteiger partial charge is 0.287 e. The summed E-state index contributed by atoms with van der Waals surface area (Å²) in [5.41, 5.74) is 1.93. The summed E-state index contributed by atoms with van der Waals surface area (Å²) in [4.78, 5) is 15.1. The average molecular weight is 443 g/mol. The van der Waals surface area contributed by atoms with Gasteiger partial charge in [-0.15, -0.1) is 0 Å². The lowest BCUT2D eigenvalue weighted by atomic mass is 9.77. The minimum Gasteiger partial charge on any atom is -0.487 e. The Morgan fingerprint density at radius 3 is 2.72 bits per heavy atom. The Kier molecular flexibility index (Phi) is 7.11. The van der Waals surface area contributed by atoms with Crippen molar-refractivity contribution in [2.75, 3.05) is 26.7 Å². The van der Waals surface area contributed by atoms with E-state index in [9.17, 15) is 9.90 Å². The van der Waals surface area contributed by atoms with Crippen molar-refractivity contribution in [1.29, 1.82) is 0 Å². The Bertz CT molecular complexity index is 945. The molecule has 1 fully saturated rings. The Hall–Kier alpha value is -2.05. The number of furan rings is 1. The lowest BCUT2D eigenvalue weighted by Crippen LogP contribution is -2.42. The highest BCUT2D eigenvalue weighted by molar-refractivity contribution is 6.00. The van der Waals surface area contributed by atoms with Gasteiger partial charge in [-0.05, 0) is 77.7 Å². The third kappa shape index (κ3) is 4.67. The fraction of sp³-hybridized carbons (Fsp3) is 0.654. The van der Waals surface area contributed by atoms with Crippen molar-refractivity contribution in [1.82, 2.24) is 10.2 Å². The quantitative estimate of drug-likeness (QED) is 0.556. The number of aliphatic hydroxyl groups is 1. The highest BCUT2D eigenvalue weighted by atomic mass is 16.5. The van der Waals surface area contributed by atoms with E-state index in [1.165, 1.54) is 19.3 Å². The monoisotopic (exact) mass is 442 g/mol. The van der Waals surface area contributed by atoms with E-state index in [0.717, 1.165) is 67.5 Å². The van der Waals surface area contributed by atoms with Crippen molar-refractivity contribution in [3.05, 3.63) is 29.0 Å². The number of rotatable bonds is 8. The second-order valence-corrected chi connectivity index (χ2v) is 9.74. The number of nitrogens with zero attached hydrogens (tertiary/aromatic N) is 1. The number of aryl methyl sites for hydroxylation is 1. The van der Waals surface area contributed by atoms with E-state index in [4.69, 9.17) is 9.15 Å². The Labute approximate surface area is 191 Å². The predicted molar refractivity (Wildman–Crippen MR) is 126 cm³/mol. The zero-order valence-corrected chi connectivity index (χ0v) is 19.8. The zero-order chi connectivity index (χ0) is 22.7. The van der Waals surface area contributed by atoms with Crippen LogP contribution in [0.3, 0.4) is 0 Å². The van der Waals surface area contributed by atoms with Crippen LogP contribution in [0.15, 0.2) is 16.5 Å². The average Bonchev–Trinajstić information content (AvgIpc) is 3.12. The fourth-order valence-electron chi connectivity index (χ4n) is 5.39. The van der Waals surface area contributed by atoms with Gasteiger partial charge in [0.2, 0.25) is 0 Å². The van der Waals surface area contributed by atoms with Gasteiger partial charge in [0.05, 0.1) is 6.10 Å². The molecule has 0 bridgehead atoms. The number of carbonyl (C=O) groups is 1. The second kappa shape index (κ2) is 9.84. The molecule has 6 nitrogen and oxygen atoms in total. The van der Waals surface area contributed by atoms with Crippen molar-refractivity contribution >= 4 is 16.9 Å². The molecule has 0 radical (unpaired) electrons. The summed E-state index contributed by atoms with van der Waals surface area (Å²) in [5, 5.41) is 14.9. The van der Waals surface area contributed by atoms with E-state index < -0.39 is 6.10 Å². The molecule has 32 heavy (non-hydrogen) atoms. The summed E-state index contributed by atoms with van der Waals surface area (Å²) in [5.74, 6) is 0.876. The van der Waals surface area contributed by atoms with Gasteiger partial charge in [0.25, 0.3) is 5.91 Å². The number of amides is 1. The summed E-state index contributed by atoms with van der Waals surface area (Å²) < 4.78 is 12.4. The standard InChI is InChI=1S/C26H38N2O4/c1-4-5-15-28(3)16-9-14-27-25(30)24-18(2)22-20(31-24)10-11-21-23(22)19(29)17-26(32-21)12-7-6-8-13-26/h10-11,19,29H,4-9,12-17H2,1-3H3,(H,27,30). The van der Waals surface area contributed by atoms with E-state index in [1.807, 2.05) is 19.1 Å². The molecule has 2 aromatic rings. The van der Waals surface area contributed by atoms with Gasteiger partial charge in [0.15, 0.2) is 5.76 Å². The molecule has 1 atom stereocenters. The molecule has 1 saturated carbocycles. The molecule has 0 saturated heterocycles.